The van der Waals surface area contributed by atoms with Crippen molar-refractivity contribution in [3.05, 3.63) is 81.9 Å². The molecule has 0 spiro atoms. The number of likely N-dealkylation sites (tertiary alicyclic amines) is 1. The van der Waals surface area contributed by atoms with Crippen LogP contribution < -0.4 is 10.1 Å². The molecule has 0 bridgehead atoms. The second-order valence-corrected chi connectivity index (χ2v) is 12.2. The number of carbonyl (C=O) groups is 1. The van der Waals surface area contributed by atoms with Crippen LogP contribution in [0.2, 0.25) is 0 Å². The lowest BCUT2D eigenvalue weighted by molar-refractivity contribution is -0.385. The Balaban J connectivity index is 1.19. The van der Waals surface area contributed by atoms with Crippen molar-refractivity contribution >= 4 is 34.2 Å². The van der Waals surface area contributed by atoms with Crippen molar-refractivity contribution in [2.75, 3.05) is 18.4 Å². The lowest BCUT2D eigenvalue weighted by atomic mass is 10.1. The quantitative estimate of drug-likeness (QED) is 0.156. The number of anilines is 2. The highest BCUT2D eigenvalue weighted by molar-refractivity contribution is 5.93. The van der Waals surface area contributed by atoms with E-state index in [0.717, 1.165) is 16.9 Å². The number of nitro groups is 1. The van der Waals surface area contributed by atoms with Gasteiger partial charge in [0.25, 0.3) is 5.69 Å². The molecule has 3 heterocycles. The van der Waals surface area contributed by atoms with Crippen molar-refractivity contribution in [1.29, 1.82) is 0 Å². The minimum atomic E-state index is -0.546. The van der Waals surface area contributed by atoms with Gasteiger partial charge in [-0.05, 0) is 88.4 Å². The zero-order valence-electron chi connectivity index (χ0n) is 25.1. The zero-order valence-corrected chi connectivity index (χ0v) is 25.1. The number of nitro benzene ring substituents is 1. The maximum atomic E-state index is 12.4. The van der Waals surface area contributed by atoms with Gasteiger partial charge in [0, 0.05) is 41.8 Å². The van der Waals surface area contributed by atoms with Gasteiger partial charge in [0.2, 0.25) is 0 Å². The number of hydrogen-bond acceptors (Lipinski definition) is 9. The third-order valence-corrected chi connectivity index (χ3v) is 7.72. The number of rotatable bonds is 5. The summed E-state index contributed by atoms with van der Waals surface area (Å²) in [5.74, 6) is 8.61. The molecule has 6 rings (SSSR count). The van der Waals surface area contributed by atoms with Crippen molar-refractivity contribution in [2.24, 2.45) is 17.8 Å². The molecule has 4 aromatic rings. The maximum absolute atomic E-state index is 12.4. The highest BCUT2D eigenvalue weighted by atomic mass is 16.6. The molecule has 2 aromatic carbocycles. The van der Waals surface area contributed by atoms with E-state index in [2.05, 4.69) is 32.1 Å². The molecule has 11 nitrogen and oxygen atoms in total. The molecule has 2 unspecified atom stereocenters. The van der Waals surface area contributed by atoms with Gasteiger partial charge in [-0.1, -0.05) is 11.8 Å². The van der Waals surface area contributed by atoms with Crippen LogP contribution >= 0.6 is 0 Å². The molecule has 1 aliphatic carbocycles. The minimum Gasteiger partial charge on any atom is -0.455 e. The molecule has 2 aliphatic rings. The van der Waals surface area contributed by atoms with Crippen LogP contribution in [0.1, 0.15) is 37.6 Å². The minimum absolute atomic E-state index is 0.0871. The first-order chi connectivity index (χ1) is 20.9. The van der Waals surface area contributed by atoms with Crippen LogP contribution in [0.25, 0.3) is 10.9 Å². The largest absolute Gasteiger partial charge is 0.455 e. The lowest BCUT2D eigenvalue weighted by Gasteiger charge is -2.25. The van der Waals surface area contributed by atoms with Crippen LogP contribution in [0.5, 0.6) is 11.5 Å². The molecule has 2 aromatic heterocycles. The smallest absolute Gasteiger partial charge is 0.410 e. The Kier molecular flexibility index (Phi) is 7.29. The van der Waals surface area contributed by atoms with Gasteiger partial charge in [-0.2, -0.15) is 0 Å². The number of ether oxygens (including phenoxy) is 2. The van der Waals surface area contributed by atoms with Crippen molar-refractivity contribution in [3.8, 4) is 23.3 Å². The van der Waals surface area contributed by atoms with Crippen molar-refractivity contribution in [1.82, 2.24) is 19.9 Å². The topological polar surface area (TPSA) is 133 Å². The summed E-state index contributed by atoms with van der Waals surface area (Å²) in [6.45, 7) is 10.5. The maximum Gasteiger partial charge on any atom is 0.410 e. The fraction of sp³-hybridized carbons (Fsp3) is 0.333. The van der Waals surface area contributed by atoms with Crippen LogP contribution in [0.15, 0.2) is 55.0 Å². The fourth-order valence-electron chi connectivity index (χ4n) is 5.44. The first-order valence-corrected chi connectivity index (χ1v) is 14.4. The molecule has 224 valence electrons. The van der Waals surface area contributed by atoms with E-state index in [0.29, 0.717) is 46.9 Å². The van der Waals surface area contributed by atoms with E-state index >= 15 is 0 Å². The number of carbonyl (C=O) groups excluding carboxylic acids is 1. The first kappa shape index (κ1) is 28.9. The van der Waals surface area contributed by atoms with Gasteiger partial charge in [0.15, 0.2) is 0 Å². The predicted molar refractivity (Wildman–Crippen MR) is 165 cm³/mol. The van der Waals surface area contributed by atoms with E-state index in [1.54, 1.807) is 17.2 Å². The van der Waals surface area contributed by atoms with Crippen LogP contribution in [0.3, 0.4) is 0 Å². The van der Waals surface area contributed by atoms with Crippen molar-refractivity contribution in [2.45, 2.75) is 40.2 Å². The lowest BCUT2D eigenvalue weighted by Crippen LogP contribution is -2.37. The van der Waals surface area contributed by atoms with Gasteiger partial charge in [-0.25, -0.2) is 14.8 Å². The summed E-state index contributed by atoms with van der Waals surface area (Å²) in [5.41, 5.74) is 2.70. The SMILES string of the molecule is Cc1ccc(Oc2ccc(Nc3ncnc4cc(C#CC5C6CN(C(=O)OC(C)(C)C)CC56)c([N+](=O)[O-])cc34)cc2C)cn1. The monoisotopic (exact) mass is 592 g/mol. The average Bonchev–Trinajstić information content (AvgIpc) is 3.40. The normalized spacial score (nSPS) is 18.7. The molecule has 1 aliphatic heterocycles. The number of benzene rings is 2. The molecule has 1 saturated heterocycles. The molecule has 1 N–H and O–H groups in total. The summed E-state index contributed by atoms with van der Waals surface area (Å²) < 4.78 is 11.4. The zero-order chi connectivity index (χ0) is 31.2. The Morgan fingerprint density at radius 2 is 1.84 bits per heavy atom. The van der Waals surface area contributed by atoms with Gasteiger partial charge in [0.05, 0.1) is 16.6 Å². The standard InChI is InChI=1S/C33H32N6O5/c1-19-12-22(8-11-30(19)43-23-9-6-20(2)34-15-23)37-31-25-14-29(39(41)42)21(13-28(25)35-18-36-31)7-10-24-26-16-38(17-27(24)26)32(40)44-33(3,4)5/h6,8-9,11-15,18,24,26-27H,16-17H2,1-5H3,(H,35,36,37). The molecular weight excluding hydrogens is 560 g/mol. The third kappa shape index (κ3) is 6.10. The highest BCUT2D eigenvalue weighted by Crippen LogP contribution is 2.51. The van der Waals surface area contributed by atoms with E-state index in [1.807, 2.05) is 65.0 Å². The number of aryl methyl sites for hydroxylation is 2. The van der Waals surface area contributed by atoms with Crippen LogP contribution in [-0.4, -0.2) is 49.6 Å². The summed E-state index contributed by atoms with van der Waals surface area (Å²) in [6.07, 6.45) is 2.78. The van der Waals surface area contributed by atoms with E-state index < -0.39 is 10.5 Å². The number of piperidine rings is 1. The molecule has 0 radical (unpaired) electrons. The number of hydrogen-bond donors (Lipinski definition) is 1. The molecule has 2 fully saturated rings. The summed E-state index contributed by atoms with van der Waals surface area (Å²) in [4.78, 5) is 38.7. The molecule has 11 heteroatoms. The van der Waals surface area contributed by atoms with Crippen molar-refractivity contribution < 1.29 is 19.2 Å². The Morgan fingerprint density at radius 3 is 2.50 bits per heavy atom. The second kappa shape index (κ2) is 11.1. The molecule has 1 saturated carbocycles. The van der Waals surface area contributed by atoms with Gasteiger partial charge >= 0.3 is 6.09 Å². The summed E-state index contributed by atoms with van der Waals surface area (Å²) >= 11 is 0. The Labute approximate surface area is 254 Å². The number of nitrogens with one attached hydrogen (secondary N) is 1. The van der Waals surface area contributed by atoms with Gasteiger partial charge in [0.1, 0.15) is 34.8 Å². The van der Waals surface area contributed by atoms with Gasteiger partial charge < -0.3 is 19.7 Å². The summed E-state index contributed by atoms with van der Waals surface area (Å²) in [7, 11) is 0. The van der Waals surface area contributed by atoms with Gasteiger partial charge in [-0.15, -0.1) is 0 Å². The Hall–Kier alpha value is -5.24. The molecular formula is C33H32N6O5. The van der Waals surface area contributed by atoms with E-state index in [1.165, 1.54) is 12.4 Å². The number of pyridine rings is 1. The highest BCUT2D eigenvalue weighted by Gasteiger charge is 2.56. The predicted octanol–water partition coefficient (Wildman–Crippen LogP) is 6.55. The Bertz CT molecular complexity index is 1830. The number of aromatic nitrogens is 3. The van der Waals surface area contributed by atoms with Crippen LogP contribution in [0.4, 0.5) is 22.0 Å². The Morgan fingerprint density at radius 1 is 1.07 bits per heavy atom. The van der Waals surface area contributed by atoms with E-state index in [9.17, 15) is 14.9 Å². The van der Waals surface area contributed by atoms with E-state index in [-0.39, 0.29) is 29.5 Å². The summed E-state index contributed by atoms with van der Waals surface area (Å²) in [6, 6.07) is 12.5. The number of nitrogens with zero attached hydrogens (tertiary/aromatic N) is 5. The first-order valence-electron chi connectivity index (χ1n) is 14.4. The summed E-state index contributed by atoms with van der Waals surface area (Å²) in [5, 5.41) is 15.8. The third-order valence-electron chi connectivity index (χ3n) is 7.72. The molecule has 2 atom stereocenters. The molecule has 1 amide bonds. The second-order valence-electron chi connectivity index (χ2n) is 12.2. The fourth-order valence-corrected chi connectivity index (χ4v) is 5.44. The average molecular weight is 593 g/mol. The molecule has 44 heavy (non-hydrogen) atoms. The van der Waals surface area contributed by atoms with Crippen molar-refractivity contribution in [3.63, 3.8) is 0 Å². The van der Waals surface area contributed by atoms with Gasteiger partial charge in [-0.3, -0.25) is 15.1 Å². The van der Waals surface area contributed by atoms with E-state index in [4.69, 9.17) is 9.47 Å². The number of fused-ring (bicyclic) bond motifs is 2. The van der Waals surface area contributed by atoms with Crippen LogP contribution in [-0.2, 0) is 4.74 Å². The number of amides is 1. The van der Waals surface area contributed by atoms with Crippen LogP contribution in [0, 0.1) is 53.6 Å².